The highest BCUT2D eigenvalue weighted by Gasteiger charge is 2.16. The predicted octanol–water partition coefficient (Wildman–Crippen LogP) is 3.14. The molecule has 3 nitrogen and oxygen atoms in total. The molecule has 0 fully saturated rings. The van der Waals surface area contributed by atoms with Gasteiger partial charge in [0.1, 0.15) is 0 Å². The minimum atomic E-state index is 0.0601. The van der Waals surface area contributed by atoms with Crippen molar-refractivity contribution in [2.45, 2.75) is 32.6 Å². The molecular weight excluding hydrogens is 236 g/mol. The van der Waals surface area contributed by atoms with Gasteiger partial charge >= 0.3 is 0 Å². The van der Waals surface area contributed by atoms with E-state index < -0.39 is 0 Å². The first kappa shape index (κ1) is 13.5. The lowest BCUT2D eigenvalue weighted by Crippen LogP contribution is -2.12. The Morgan fingerprint density at radius 2 is 2.05 bits per heavy atom. The van der Waals surface area contributed by atoms with Crippen molar-refractivity contribution in [3.63, 3.8) is 0 Å². The minimum absolute atomic E-state index is 0.0601. The lowest BCUT2D eigenvalue weighted by molar-refractivity contribution is 0.0993. The van der Waals surface area contributed by atoms with Gasteiger partial charge in [-0.05, 0) is 22.6 Å². The van der Waals surface area contributed by atoms with Gasteiger partial charge < -0.3 is 0 Å². The summed E-state index contributed by atoms with van der Waals surface area (Å²) in [5.41, 5.74) is 2.97. The monoisotopic (exact) mass is 256 g/mol. The number of Topliss-reactive ketones (excluding diaryl/α,β-unsaturated/α-hetero) is 1. The maximum Gasteiger partial charge on any atom is 0.167 e. The van der Waals surface area contributed by atoms with Gasteiger partial charge in [-0.1, -0.05) is 39.0 Å². The maximum absolute atomic E-state index is 12.3. The van der Waals surface area contributed by atoms with Crippen LogP contribution in [0.5, 0.6) is 0 Å². The summed E-state index contributed by atoms with van der Waals surface area (Å²) in [6, 6.07) is 7.91. The van der Waals surface area contributed by atoms with Crippen LogP contribution >= 0.6 is 0 Å². The number of carbonyl (C=O) groups excluding carboxylic acids is 1. The van der Waals surface area contributed by atoms with E-state index in [9.17, 15) is 4.79 Å². The van der Waals surface area contributed by atoms with Gasteiger partial charge in [0, 0.05) is 25.2 Å². The molecule has 0 aliphatic carbocycles. The zero-order chi connectivity index (χ0) is 14.0. The second kappa shape index (κ2) is 5.00. The van der Waals surface area contributed by atoms with E-state index in [-0.39, 0.29) is 11.2 Å². The van der Waals surface area contributed by atoms with Crippen LogP contribution in [0.1, 0.15) is 42.3 Å². The van der Waals surface area contributed by atoms with Crippen LogP contribution in [0.3, 0.4) is 0 Å². The highest BCUT2D eigenvalue weighted by Crippen LogP contribution is 2.23. The number of ketones is 1. The molecule has 0 saturated carbocycles. The van der Waals surface area contributed by atoms with E-state index in [2.05, 4.69) is 31.9 Å². The number of hydrogen-bond donors (Lipinski definition) is 0. The van der Waals surface area contributed by atoms with Crippen LogP contribution in [0.25, 0.3) is 0 Å². The average molecular weight is 256 g/mol. The lowest BCUT2D eigenvalue weighted by Gasteiger charge is -2.19. The summed E-state index contributed by atoms with van der Waals surface area (Å²) < 4.78 is 1.72. The molecule has 0 radical (unpaired) electrons. The van der Waals surface area contributed by atoms with Crippen molar-refractivity contribution in [2.75, 3.05) is 0 Å². The number of aromatic nitrogens is 2. The summed E-state index contributed by atoms with van der Waals surface area (Å²) in [6.07, 6.45) is 4.03. The van der Waals surface area contributed by atoms with Gasteiger partial charge in [0.2, 0.25) is 0 Å². The molecule has 0 bridgehead atoms. The van der Waals surface area contributed by atoms with Crippen molar-refractivity contribution in [3.05, 3.63) is 53.3 Å². The zero-order valence-corrected chi connectivity index (χ0v) is 12.0. The fraction of sp³-hybridized carbons (Fsp3) is 0.375. The summed E-state index contributed by atoms with van der Waals surface area (Å²) in [7, 11) is 1.86. The second-order valence-electron chi connectivity index (χ2n) is 5.95. The minimum Gasteiger partial charge on any atom is -0.294 e. The van der Waals surface area contributed by atoms with Crippen molar-refractivity contribution >= 4 is 5.78 Å². The molecule has 0 atom stereocenters. The molecule has 1 aromatic heterocycles. The van der Waals surface area contributed by atoms with Crippen LogP contribution in [-0.2, 0) is 18.9 Å². The summed E-state index contributed by atoms with van der Waals surface area (Å²) >= 11 is 0. The molecule has 0 unspecified atom stereocenters. The van der Waals surface area contributed by atoms with Gasteiger partial charge in [-0.3, -0.25) is 9.48 Å². The summed E-state index contributed by atoms with van der Waals surface area (Å²) in [4.78, 5) is 12.3. The predicted molar refractivity (Wildman–Crippen MR) is 76.4 cm³/mol. The quantitative estimate of drug-likeness (QED) is 0.791. The fourth-order valence-electron chi connectivity index (χ4n) is 2.01. The molecule has 0 saturated heterocycles. The number of rotatable bonds is 3. The topological polar surface area (TPSA) is 34.9 Å². The molecule has 3 heteroatoms. The van der Waals surface area contributed by atoms with Crippen molar-refractivity contribution in [1.29, 1.82) is 0 Å². The van der Waals surface area contributed by atoms with E-state index in [4.69, 9.17) is 0 Å². The first-order valence-electron chi connectivity index (χ1n) is 6.47. The molecule has 2 rings (SSSR count). The highest BCUT2D eigenvalue weighted by molar-refractivity contribution is 5.97. The molecule has 19 heavy (non-hydrogen) atoms. The van der Waals surface area contributed by atoms with Gasteiger partial charge in [0.05, 0.1) is 6.20 Å². The van der Waals surface area contributed by atoms with Crippen LogP contribution in [0.15, 0.2) is 36.7 Å². The molecule has 0 N–H and O–H groups in total. The third-order valence-corrected chi connectivity index (χ3v) is 3.17. The smallest absolute Gasteiger partial charge is 0.167 e. The van der Waals surface area contributed by atoms with E-state index in [1.54, 1.807) is 10.9 Å². The van der Waals surface area contributed by atoms with Gasteiger partial charge in [-0.2, -0.15) is 5.10 Å². The number of nitrogens with zero attached hydrogens (tertiary/aromatic N) is 2. The standard InChI is InChI=1S/C16H20N2O/c1-16(2,3)14-7-5-6-13(9-14)15(19)8-12-10-17-18(4)11-12/h5-7,9-11H,8H2,1-4H3. The number of benzene rings is 1. The molecule has 0 aliphatic heterocycles. The molecular formula is C16H20N2O. The third-order valence-electron chi connectivity index (χ3n) is 3.17. The van der Waals surface area contributed by atoms with Crippen LogP contribution in [0.2, 0.25) is 0 Å². The van der Waals surface area contributed by atoms with Crippen LogP contribution in [0.4, 0.5) is 0 Å². The fourth-order valence-corrected chi connectivity index (χ4v) is 2.01. The number of carbonyl (C=O) groups is 1. The van der Waals surface area contributed by atoms with E-state index in [1.165, 1.54) is 5.56 Å². The third kappa shape index (κ3) is 3.31. The molecule has 100 valence electrons. The van der Waals surface area contributed by atoms with Gasteiger partial charge in [-0.25, -0.2) is 0 Å². The molecule has 0 aliphatic rings. The van der Waals surface area contributed by atoms with Crippen LogP contribution in [0, 0.1) is 0 Å². The van der Waals surface area contributed by atoms with E-state index >= 15 is 0 Å². The Bertz CT molecular complexity index is 591. The maximum atomic E-state index is 12.3. The molecule has 1 aromatic carbocycles. The first-order valence-corrected chi connectivity index (χ1v) is 6.47. The van der Waals surface area contributed by atoms with Gasteiger partial charge in [0.25, 0.3) is 0 Å². The van der Waals surface area contributed by atoms with E-state index in [0.717, 1.165) is 11.1 Å². The Morgan fingerprint density at radius 3 is 2.63 bits per heavy atom. The van der Waals surface area contributed by atoms with Crippen molar-refractivity contribution in [1.82, 2.24) is 9.78 Å². The number of hydrogen-bond acceptors (Lipinski definition) is 2. The lowest BCUT2D eigenvalue weighted by atomic mass is 9.85. The zero-order valence-electron chi connectivity index (χ0n) is 12.0. The number of aryl methyl sites for hydroxylation is 1. The van der Waals surface area contributed by atoms with Crippen LogP contribution in [-0.4, -0.2) is 15.6 Å². The Hall–Kier alpha value is -1.90. The van der Waals surface area contributed by atoms with E-state index in [1.807, 2.05) is 31.4 Å². The van der Waals surface area contributed by atoms with Crippen LogP contribution < -0.4 is 0 Å². The van der Waals surface area contributed by atoms with E-state index in [0.29, 0.717) is 6.42 Å². The first-order chi connectivity index (χ1) is 8.86. The van der Waals surface area contributed by atoms with Crippen molar-refractivity contribution in [2.24, 2.45) is 7.05 Å². The second-order valence-corrected chi connectivity index (χ2v) is 5.95. The van der Waals surface area contributed by atoms with Crippen molar-refractivity contribution in [3.8, 4) is 0 Å². The van der Waals surface area contributed by atoms with Gasteiger partial charge in [-0.15, -0.1) is 0 Å². The summed E-state index contributed by atoms with van der Waals surface area (Å²) in [6.45, 7) is 6.45. The molecule has 0 amide bonds. The average Bonchev–Trinajstić information content (AvgIpc) is 2.74. The SMILES string of the molecule is Cn1cc(CC(=O)c2cccc(C(C)(C)C)c2)cn1. The Balaban J connectivity index is 2.20. The summed E-state index contributed by atoms with van der Waals surface area (Å²) in [5.74, 6) is 0.138. The summed E-state index contributed by atoms with van der Waals surface area (Å²) in [5, 5.41) is 4.08. The Kier molecular flexibility index (Phi) is 3.56. The molecule has 1 heterocycles. The molecule has 2 aromatic rings. The van der Waals surface area contributed by atoms with Gasteiger partial charge in [0.15, 0.2) is 5.78 Å². The molecule has 0 spiro atoms. The normalized spacial score (nSPS) is 11.6. The Labute approximate surface area is 114 Å². The highest BCUT2D eigenvalue weighted by atomic mass is 16.1. The Morgan fingerprint density at radius 1 is 1.32 bits per heavy atom. The largest absolute Gasteiger partial charge is 0.294 e. The van der Waals surface area contributed by atoms with Crippen molar-refractivity contribution < 1.29 is 4.79 Å².